The highest BCUT2D eigenvalue weighted by Gasteiger charge is 2.26. The number of amides is 4. The van der Waals surface area contributed by atoms with Crippen LogP contribution in [0, 0.1) is 0 Å². The summed E-state index contributed by atoms with van der Waals surface area (Å²) in [6, 6.07) is 47.3. The Morgan fingerprint density at radius 2 is 0.757 bits per heavy atom. The lowest BCUT2D eigenvalue weighted by Gasteiger charge is -2.20. The zero-order chi connectivity index (χ0) is 74.2. The van der Waals surface area contributed by atoms with Crippen molar-refractivity contribution in [2.45, 2.75) is 154 Å². The summed E-state index contributed by atoms with van der Waals surface area (Å²) in [6.07, 6.45) is 7.25. The summed E-state index contributed by atoms with van der Waals surface area (Å²) in [6.45, 7) is 10.6. The van der Waals surface area contributed by atoms with Gasteiger partial charge in [0.05, 0.1) is 60.0 Å². The molecule has 0 unspecified atom stereocenters. The number of hydrogen-bond donors (Lipinski definition) is 7. The van der Waals surface area contributed by atoms with E-state index in [4.69, 9.17) is 26.0 Å². The molecule has 0 aliphatic carbocycles. The molecule has 6 aromatic carbocycles. The fourth-order valence-corrected chi connectivity index (χ4v) is 13.1. The van der Waals surface area contributed by atoms with E-state index >= 15 is 0 Å². The molecule has 0 aliphatic heterocycles. The van der Waals surface area contributed by atoms with Crippen LogP contribution in [0.15, 0.2) is 180 Å². The Labute approximate surface area is 704 Å². The van der Waals surface area contributed by atoms with Gasteiger partial charge in [-0.3, -0.25) is 34.6 Å². The molecule has 0 aliphatic rings. The number of carboxylic acid groups (broad SMARTS) is 1. The Morgan fingerprint density at radius 3 is 1.09 bits per heavy atom. The van der Waals surface area contributed by atoms with Crippen molar-refractivity contribution in [2.24, 2.45) is 5.73 Å². The molecule has 0 radical (unpaired) electrons. The first-order valence-corrected chi connectivity index (χ1v) is 39.2. The maximum absolute atomic E-state index is 13.1. The van der Waals surface area contributed by atoms with Gasteiger partial charge in [-0.15, -0.1) is 34.0 Å². The van der Waals surface area contributed by atoms with E-state index in [1.807, 2.05) is 126 Å². The van der Waals surface area contributed by atoms with Gasteiger partial charge in [0, 0.05) is 61.0 Å². The van der Waals surface area contributed by atoms with Crippen LogP contribution in [-0.4, -0.2) is 133 Å². The van der Waals surface area contributed by atoms with Gasteiger partial charge in [0.2, 0.25) is 0 Å². The number of rotatable bonds is 28. The summed E-state index contributed by atoms with van der Waals surface area (Å²) in [4.78, 5) is 112. The maximum Gasteiger partial charge on any atom is 0.412 e. The Bertz CT molecular complexity index is 4190. The van der Waals surface area contributed by atoms with Crippen LogP contribution >= 0.6 is 110 Å². The van der Waals surface area contributed by atoms with Crippen LogP contribution < -0.4 is 32.7 Å². The fraction of sp³-hybridized carbons (Fsp3) is 0.354. The predicted octanol–water partition coefficient (Wildman–Crippen LogP) is 19.8. The number of hydrogen-bond acceptors (Lipinski definition) is 21. The lowest BCUT2D eigenvalue weighted by molar-refractivity contribution is -0.121. The minimum atomic E-state index is -1.04. The molecule has 20 nitrogen and oxygen atoms in total. The standard InChI is InChI=1S/C27H31N3O4S2.C22H23N3O2S2.C15H18N2OS2.C12H15NO4.6CH4.3H2S/c1-27(2,3)34-26(33)28-20-12-8-11-19(15-20)25(32)30-21(13-14-35-4)23(31)16-24-29-22(17-36-24)18-9-6-5-7-10-18;1-28-11-10-18(25-22(27)16-8-5-9-17(23)12-16)20(26)13-21-24-19(14-29-21)15-6-3-2-4-7-15;1-19-8-7-12(16)14(18)9-15-17-13(10-20-15)11-5-3-2-4-6-11;1-12(2,3)17-11(16)13-9-6-4-5-8(7-9)10(14)15;;;;;;;;;/h5-12,15,17,21H,13-14,16H2,1-4H3,(H,28,33)(H,30,32);2-9,12,14,18H,10-11,13,23H2,1H3,(H,25,27);2-6,10,12H,7-9,16H2,1H3;4-7H,1-3H3,(H,13,16)(H,14,15);6*1H4;3*1H2/t21-;18-;12-;;;;;;;;;;/m000........../s1. The zero-order valence-electron chi connectivity index (χ0n) is 59.9. The molecule has 3 atom stereocenters. The molecule has 0 saturated carbocycles. The van der Waals surface area contributed by atoms with Gasteiger partial charge in [-0.1, -0.05) is 154 Å². The summed E-state index contributed by atoms with van der Waals surface area (Å²) < 4.78 is 10.3. The van der Waals surface area contributed by atoms with Crippen molar-refractivity contribution in [1.29, 1.82) is 0 Å². The molecular weight excluding hydrogens is 1580 g/mol. The number of aromatic carboxylic acids is 1. The third-order valence-electron chi connectivity index (χ3n) is 14.2. The predicted molar refractivity (Wildman–Crippen MR) is 490 cm³/mol. The lowest BCUT2D eigenvalue weighted by Crippen LogP contribution is -2.42. The molecule has 610 valence electrons. The monoisotopic (exact) mass is 1690 g/mol. The SMILES string of the molecule is C.C.C.C.C.C.CC(C)(C)OC(=O)Nc1cccc(C(=O)O)c1.CSCC[C@H](N)C(=O)Cc1nc(-c2ccccc2)cs1.CSCC[C@H](NC(=O)c1cccc(N)c1)C(=O)Cc1nc(-c2ccccc2)cs1.CSCC[C@H](NC(=O)c1cccc(NC(=O)OC(C)(C)C)c1)C(=O)Cc1nc(-c2ccccc2)cs1.S.S.S. The molecular formula is C82H117N9O11S9. The van der Waals surface area contributed by atoms with Gasteiger partial charge in [0.1, 0.15) is 26.2 Å². The van der Waals surface area contributed by atoms with Crippen molar-refractivity contribution in [3.63, 3.8) is 0 Å². The first kappa shape index (κ1) is 109. The number of ether oxygens (including phenoxy) is 2. The highest BCUT2D eigenvalue weighted by Crippen LogP contribution is 2.26. The molecule has 0 bridgehead atoms. The third-order valence-corrected chi connectivity index (χ3v) is 18.6. The van der Waals surface area contributed by atoms with E-state index in [0.717, 1.165) is 67.5 Å². The maximum atomic E-state index is 13.1. The number of nitrogen functional groups attached to an aromatic ring is 1. The van der Waals surface area contributed by atoms with E-state index in [1.165, 1.54) is 46.1 Å². The van der Waals surface area contributed by atoms with E-state index in [1.54, 1.807) is 137 Å². The average Bonchev–Trinajstić information content (AvgIpc) is 1.82. The molecule has 0 saturated heterocycles. The number of nitrogens with one attached hydrogen (secondary N) is 4. The van der Waals surface area contributed by atoms with Gasteiger partial charge in [-0.25, -0.2) is 29.3 Å². The van der Waals surface area contributed by atoms with Crippen molar-refractivity contribution < 1.29 is 52.9 Å². The lowest BCUT2D eigenvalue weighted by atomic mass is 10.1. The first-order valence-electron chi connectivity index (χ1n) is 32.4. The largest absolute Gasteiger partial charge is 0.478 e. The van der Waals surface area contributed by atoms with E-state index < -0.39 is 41.4 Å². The van der Waals surface area contributed by atoms with Crippen LogP contribution in [0.5, 0.6) is 0 Å². The summed E-state index contributed by atoms with van der Waals surface area (Å²) in [7, 11) is 0. The second kappa shape index (κ2) is 56.3. The number of ketones is 3. The Hall–Kier alpha value is -7.97. The van der Waals surface area contributed by atoms with Crippen molar-refractivity contribution >= 4 is 174 Å². The van der Waals surface area contributed by atoms with Gasteiger partial charge in [-0.2, -0.15) is 75.8 Å². The van der Waals surface area contributed by atoms with Gasteiger partial charge in [0.15, 0.2) is 17.3 Å². The van der Waals surface area contributed by atoms with Crippen molar-refractivity contribution in [2.75, 3.05) is 52.4 Å². The molecule has 111 heavy (non-hydrogen) atoms. The molecule has 3 aromatic heterocycles. The normalized spacial score (nSPS) is 10.8. The van der Waals surface area contributed by atoms with Gasteiger partial charge in [0.25, 0.3) is 11.8 Å². The van der Waals surface area contributed by atoms with E-state index in [-0.39, 0.29) is 139 Å². The van der Waals surface area contributed by atoms with Crippen LogP contribution in [-0.2, 0) is 43.1 Å². The highest BCUT2D eigenvalue weighted by atomic mass is 32.2. The minimum absolute atomic E-state index is 0. The van der Waals surface area contributed by atoms with Gasteiger partial charge < -0.3 is 36.7 Å². The summed E-state index contributed by atoms with van der Waals surface area (Å²) in [5.41, 5.74) is 18.4. The second-order valence-corrected chi connectivity index (χ2v) is 30.5. The second-order valence-electron chi connectivity index (χ2n) is 24.8. The van der Waals surface area contributed by atoms with Crippen LogP contribution in [0.3, 0.4) is 0 Å². The number of carboxylic acids is 1. The fourth-order valence-electron chi connectivity index (χ4n) is 9.20. The quantitative estimate of drug-likeness (QED) is 0.0224. The van der Waals surface area contributed by atoms with Crippen LogP contribution in [0.2, 0.25) is 0 Å². The molecule has 9 N–H and O–H groups in total. The average molecular weight is 1690 g/mol. The highest BCUT2D eigenvalue weighted by molar-refractivity contribution is 7.99. The number of carbonyl (C=O) groups excluding carboxylic acids is 7. The van der Waals surface area contributed by atoms with Crippen molar-refractivity contribution in [3.8, 4) is 33.8 Å². The number of thiazole rings is 3. The smallest absolute Gasteiger partial charge is 0.412 e. The molecule has 3 heterocycles. The number of aromatic nitrogens is 3. The number of Topliss-reactive ketones (excluding diaryl/α,β-unsaturated/α-hetero) is 3. The van der Waals surface area contributed by atoms with Gasteiger partial charge >= 0.3 is 18.2 Å². The van der Waals surface area contributed by atoms with Gasteiger partial charge in [-0.05, 0) is 151 Å². The van der Waals surface area contributed by atoms with Crippen molar-refractivity contribution in [1.82, 2.24) is 25.6 Å². The summed E-state index contributed by atoms with van der Waals surface area (Å²) >= 11 is 9.39. The van der Waals surface area contributed by atoms with Crippen LogP contribution in [0.25, 0.3) is 33.8 Å². The van der Waals surface area contributed by atoms with Crippen LogP contribution in [0.4, 0.5) is 26.7 Å². The van der Waals surface area contributed by atoms with E-state index in [0.29, 0.717) is 52.5 Å². The molecule has 4 amide bonds. The Balaban J connectivity index is -0.000000694. The Morgan fingerprint density at radius 1 is 0.441 bits per heavy atom. The third kappa shape index (κ3) is 40.4. The number of anilines is 3. The number of benzene rings is 6. The number of thioether (sulfide) groups is 3. The summed E-state index contributed by atoms with van der Waals surface area (Å²) in [5, 5.41) is 27.8. The van der Waals surface area contributed by atoms with E-state index in [2.05, 4.69) is 36.2 Å². The molecule has 0 fully saturated rings. The first-order chi connectivity index (χ1) is 48.7. The van der Waals surface area contributed by atoms with E-state index in [9.17, 15) is 38.4 Å². The zero-order valence-corrected chi connectivity index (χ0v) is 67.8. The van der Waals surface area contributed by atoms with Crippen LogP contribution in [0.1, 0.15) is 151 Å². The molecule has 9 rings (SSSR count). The number of carbonyl (C=O) groups is 8. The minimum Gasteiger partial charge on any atom is -0.478 e. The summed E-state index contributed by atoms with van der Waals surface area (Å²) in [5.74, 6) is 0.656. The number of nitrogens with zero attached hydrogens (tertiary/aromatic N) is 3. The van der Waals surface area contributed by atoms with Crippen molar-refractivity contribution in [3.05, 3.63) is 212 Å². The molecule has 0 spiro atoms. The Kier molecular flexibility index (Phi) is 55.5. The molecule has 9 aromatic rings. The molecule has 29 heteroatoms. The topological polar surface area (TPSA) is 314 Å². The number of nitrogens with two attached hydrogens (primary N) is 2.